The Morgan fingerprint density at radius 3 is 2.41 bits per heavy atom. The van der Waals surface area contributed by atoms with Crippen molar-refractivity contribution < 1.29 is 6.17 Å². The van der Waals surface area contributed by atoms with Gasteiger partial charge in [0, 0.05) is 27.4 Å². The molecule has 6 heteroatoms. The number of hydrogen-bond acceptors (Lipinski definition) is 4. The summed E-state index contributed by atoms with van der Waals surface area (Å²) in [7, 11) is 0. The van der Waals surface area contributed by atoms with E-state index in [1.165, 1.54) is 5.56 Å². The van der Waals surface area contributed by atoms with Crippen molar-refractivity contribution in [3.8, 4) is 0 Å². The summed E-state index contributed by atoms with van der Waals surface area (Å²) in [5.74, 6) is -0.0430. The Kier molecular flexibility index (Phi) is 7.20. The molecule has 192 valence electrons. The number of carbonyl (C=O) groups is 1. The first-order valence-corrected chi connectivity index (χ1v) is 13.4. The van der Waals surface area contributed by atoms with E-state index < -0.39 is 0 Å². The summed E-state index contributed by atoms with van der Waals surface area (Å²) in [4.78, 5) is 19.7. The van der Waals surface area contributed by atoms with Gasteiger partial charge in [0.25, 0.3) is 5.91 Å². The Balaban J connectivity index is 1.82. The SMILES string of the molecule is [2H]/C(=C(/C)c1n[nH]c2cc(Sc3cc(C)c(C)c(C)c3C(=O)NCC)c(C)c(C)c12)c1ccc(C)c(C)n1. The lowest BCUT2D eigenvalue weighted by Crippen LogP contribution is -2.24. The van der Waals surface area contributed by atoms with Crippen molar-refractivity contribution in [2.75, 3.05) is 6.54 Å². The molecular weight excluding hydrogens is 476 g/mol. The average molecular weight is 514 g/mol. The van der Waals surface area contributed by atoms with Crippen molar-refractivity contribution >= 4 is 40.2 Å². The lowest BCUT2D eigenvalue weighted by Gasteiger charge is -2.18. The summed E-state index contributed by atoms with van der Waals surface area (Å²) in [6, 6.07) is 8.49. The number of rotatable bonds is 6. The van der Waals surface area contributed by atoms with Crippen LogP contribution in [0, 0.1) is 48.5 Å². The van der Waals surface area contributed by atoms with Crippen molar-refractivity contribution in [1.29, 1.82) is 0 Å². The molecule has 37 heavy (non-hydrogen) atoms. The first-order valence-electron chi connectivity index (χ1n) is 13.1. The largest absolute Gasteiger partial charge is 0.352 e. The quantitative estimate of drug-likeness (QED) is 0.279. The Hall–Kier alpha value is -3.38. The molecule has 0 radical (unpaired) electrons. The van der Waals surface area contributed by atoms with Crippen LogP contribution in [0.15, 0.2) is 34.1 Å². The number of fused-ring (bicyclic) bond motifs is 1. The summed E-state index contributed by atoms with van der Waals surface area (Å²) in [5, 5.41) is 11.8. The maximum atomic E-state index is 13.0. The van der Waals surface area contributed by atoms with Gasteiger partial charge in [0.2, 0.25) is 0 Å². The Morgan fingerprint density at radius 2 is 1.73 bits per heavy atom. The number of aromatic amines is 1. The number of amides is 1. The van der Waals surface area contributed by atoms with E-state index in [1.54, 1.807) is 11.8 Å². The van der Waals surface area contributed by atoms with Crippen LogP contribution >= 0.6 is 11.8 Å². The zero-order valence-electron chi connectivity index (χ0n) is 24.2. The van der Waals surface area contributed by atoms with Gasteiger partial charge in [-0.05, 0) is 126 Å². The number of pyridine rings is 1. The van der Waals surface area contributed by atoms with Gasteiger partial charge in [0.15, 0.2) is 0 Å². The molecule has 0 saturated carbocycles. The molecule has 2 heterocycles. The Bertz CT molecular complexity index is 1620. The third kappa shape index (κ3) is 5.08. The molecule has 0 aliphatic heterocycles. The van der Waals surface area contributed by atoms with Gasteiger partial charge in [-0.3, -0.25) is 14.9 Å². The van der Waals surface area contributed by atoms with Crippen molar-refractivity contribution in [1.82, 2.24) is 20.5 Å². The van der Waals surface area contributed by atoms with E-state index in [9.17, 15) is 4.79 Å². The molecule has 0 unspecified atom stereocenters. The van der Waals surface area contributed by atoms with Crippen LogP contribution in [0.3, 0.4) is 0 Å². The second-order valence-electron chi connectivity index (χ2n) is 9.75. The number of nitrogens with one attached hydrogen (secondary N) is 2. The molecule has 4 rings (SSSR count). The van der Waals surface area contributed by atoms with Gasteiger partial charge in [-0.15, -0.1) is 0 Å². The van der Waals surface area contributed by atoms with Gasteiger partial charge in [-0.25, -0.2) is 0 Å². The van der Waals surface area contributed by atoms with Crippen molar-refractivity contribution in [3.05, 3.63) is 80.3 Å². The molecular formula is C31H36N4OS. The highest BCUT2D eigenvalue weighted by atomic mass is 32.2. The molecule has 2 aromatic heterocycles. The number of aromatic nitrogens is 3. The molecule has 2 N–H and O–H groups in total. The molecule has 0 saturated heterocycles. The minimum Gasteiger partial charge on any atom is -0.352 e. The van der Waals surface area contributed by atoms with Gasteiger partial charge in [-0.1, -0.05) is 17.8 Å². The predicted molar refractivity (Wildman–Crippen MR) is 156 cm³/mol. The first kappa shape index (κ1) is 25.3. The second-order valence-corrected chi connectivity index (χ2v) is 10.8. The molecule has 0 atom stereocenters. The average Bonchev–Trinajstić information content (AvgIpc) is 3.30. The van der Waals surface area contributed by atoms with Crippen LogP contribution in [0.5, 0.6) is 0 Å². The van der Waals surface area contributed by atoms with E-state index in [2.05, 4.69) is 60.3 Å². The summed E-state index contributed by atoms with van der Waals surface area (Å²) in [5.41, 5.74) is 11.4. The molecule has 2 aromatic carbocycles. The summed E-state index contributed by atoms with van der Waals surface area (Å²) >= 11 is 1.62. The van der Waals surface area contributed by atoms with E-state index >= 15 is 0 Å². The number of aryl methyl sites for hydroxylation is 4. The monoisotopic (exact) mass is 513 g/mol. The lowest BCUT2D eigenvalue weighted by atomic mass is 9.98. The minimum atomic E-state index is -0.0430. The molecule has 4 aromatic rings. The lowest BCUT2D eigenvalue weighted by molar-refractivity contribution is 0.0952. The normalized spacial score (nSPS) is 12.5. The fourth-order valence-corrected chi connectivity index (χ4v) is 5.86. The number of hydrogen-bond donors (Lipinski definition) is 2. The van der Waals surface area contributed by atoms with Crippen LogP contribution in [0.4, 0.5) is 0 Å². The molecule has 5 nitrogen and oxygen atoms in total. The number of H-pyrrole nitrogens is 1. The van der Waals surface area contributed by atoms with Crippen LogP contribution in [0.2, 0.25) is 0 Å². The maximum Gasteiger partial charge on any atom is 0.252 e. The highest BCUT2D eigenvalue weighted by Gasteiger charge is 2.21. The fraction of sp³-hybridized carbons (Fsp3) is 0.323. The van der Waals surface area contributed by atoms with Crippen LogP contribution in [-0.2, 0) is 0 Å². The third-order valence-corrected chi connectivity index (χ3v) is 8.49. The highest BCUT2D eigenvalue weighted by Crippen LogP contribution is 2.40. The first-order chi connectivity index (χ1) is 18.0. The molecule has 0 spiro atoms. The summed E-state index contributed by atoms with van der Waals surface area (Å²) < 4.78 is 8.83. The number of benzene rings is 2. The molecule has 0 fully saturated rings. The Morgan fingerprint density at radius 1 is 1.00 bits per heavy atom. The number of allylic oxidation sites excluding steroid dienone is 1. The van der Waals surface area contributed by atoms with E-state index in [1.807, 2.05) is 46.8 Å². The van der Waals surface area contributed by atoms with E-state index in [-0.39, 0.29) is 5.91 Å². The van der Waals surface area contributed by atoms with Gasteiger partial charge in [0.05, 0.1) is 23.8 Å². The Labute approximate surface area is 225 Å². The summed E-state index contributed by atoms with van der Waals surface area (Å²) in [6.07, 6.45) is 0. The molecule has 0 aliphatic rings. The number of nitrogens with zero attached hydrogens (tertiary/aromatic N) is 2. The third-order valence-electron chi connectivity index (χ3n) is 7.30. The smallest absolute Gasteiger partial charge is 0.252 e. The molecule has 0 aliphatic carbocycles. The van der Waals surface area contributed by atoms with Gasteiger partial charge >= 0.3 is 0 Å². The zero-order chi connectivity index (χ0) is 27.9. The zero-order valence-corrected chi connectivity index (χ0v) is 24.0. The van der Waals surface area contributed by atoms with Crippen LogP contribution < -0.4 is 5.32 Å². The second kappa shape index (κ2) is 10.5. The van der Waals surface area contributed by atoms with Crippen LogP contribution in [-0.4, -0.2) is 27.6 Å². The summed E-state index contributed by atoms with van der Waals surface area (Å²) in [6.45, 7) is 18.8. The van der Waals surface area contributed by atoms with Gasteiger partial charge < -0.3 is 5.32 Å². The fourth-order valence-electron chi connectivity index (χ4n) is 4.56. The van der Waals surface area contributed by atoms with E-state index in [4.69, 9.17) is 1.37 Å². The van der Waals surface area contributed by atoms with E-state index in [0.717, 1.165) is 71.0 Å². The van der Waals surface area contributed by atoms with Crippen LogP contribution in [0.25, 0.3) is 22.5 Å². The van der Waals surface area contributed by atoms with Gasteiger partial charge in [-0.2, -0.15) is 5.10 Å². The van der Waals surface area contributed by atoms with Gasteiger partial charge in [0.1, 0.15) is 0 Å². The van der Waals surface area contributed by atoms with Crippen LogP contribution in [0.1, 0.15) is 76.0 Å². The minimum absolute atomic E-state index is 0.0430. The van der Waals surface area contributed by atoms with E-state index in [0.29, 0.717) is 18.3 Å². The van der Waals surface area contributed by atoms with Crippen molar-refractivity contribution in [3.63, 3.8) is 0 Å². The maximum absolute atomic E-state index is 13.0. The highest BCUT2D eigenvalue weighted by molar-refractivity contribution is 7.99. The standard InChI is InChI=1S/C31H36N4OS/c1-10-32-31(36)29-21(7)19(5)17(3)14-27(29)37-26-15-25-28(22(8)20(26)6)30(35-34-25)18(4)13-24-12-11-16(2)23(9)33-24/h11-15H,10H2,1-9H3,(H,32,36)(H,34,35)/b18-13+/i13D. The molecule has 1 amide bonds. The number of carbonyl (C=O) groups excluding carboxylic acids is 1. The van der Waals surface area contributed by atoms with Crippen molar-refractivity contribution in [2.24, 2.45) is 0 Å². The predicted octanol–water partition coefficient (Wildman–Crippen LogP) is 7.58. The molecule has 0 bridgehead atoms. The van der Waals surface area contributed by atoms with Crippen molar-refractivity contribution in [2.45, 2.75) is 72.1 Å². The topological polar surface area (TPSA) is 70.7 Å².